The fourth-order valence-electron chi connectivity index (χ4n) is 0.642. The van der Waals surface area contributed by atoms with E-state index in [9.17, 15) is 4.79 Å². The smallest absolute Gasteiger partial charge is 0.248 e. The summed E-state index contributed by atoms with van der Waals surface area (Å²) in [4.78, 5) is 14.1. The molecule has 1 aromatic rings. The van der Waals surface area contributed by atoms with Crippen LogP contribution in [0.25, 0.3) is 0 Å². The van der Waals surface area contributed by atoms with Crippen molar-refractivity contribution in [2.75, 3.05) is 17.6 Å². The van der Waals surface area contributed by atoms with Crippen LogP contribution in [0.5, 0.6) is 0 Å². The molecular formula is C5H10N6O2. The Hall–Kier alpha value is -1.83. The first-order valence-corrected chi connectivity index (χ1v) is 3.48. The Bertz CT molecular complexity index is 297. The SMILES string of the molecule is NC(=O)C(O)CNc1n[nH]c(N)n1. The number of carbonyl (C=O) groups is 1. The standard InChI is InChI=1S/C5H10N6O2/c6-3(13)2(12)1-8-5-9-4(7)10-11-5/h2,12H,1H2,(H2,6,13)(H4,7,8,9,10,11). The molecule has 72 valence electrons. The Morgan fingerprint density at radius 3 is 2.92 bits per heavy atom. The number of hydrogen-bond donors (Lipinski definition) is 5. The molecule has 0 aromatic carbocycles. The van der Waals surface area contributed by atoms with Crippen molar-refractivity contribution in [3.63, 3.8) is 0 Å². The average Bonchev–Trinajstić information content (AvgIpc) is 2.47. The van der Waals surface area contributed by atoms with Crippen molar-refractivity contribution in [2.24, 2.45) is 5.73 Å². The maximum atomic E-state index is 10.4. The third-order valence-electron chi connectivity index (χ3n) is 1.28. The lowest BCUT2D eigenvalue weighted by Gasteiger charge is -2.05. The van der Waals surface area contributed by atoms with Gasteiger partial charge in [0.2, 0.25) is 17.8 Å². The van der Waals surface area contributed by atoms with Crippen molar-refractivity contribution in [1.82, 2.24) is 15.2 Å². The summed E-state index contributed by atoms with van der Waals surface area (Å²) in [5.41, 5.74) is 10.0. The first kappa shape index (κ1) is 9.26. The van der Waals surface area contributed by atoms with Crippen molar-refractivity contribution >= 4 is 17.8 Å². The van der Waals surface area contributed by atoms with Crippen molar-refractivity contribution in [1.29, 1.82) is 0 Å². The molecule has 1 unspecified atom stereocenters. The number of primary amides is 1. The fourth-order valence-corrected chi connectivity index (χ4v) is 0.642. The number of nitrogen functional groups attached to an aromatic ring is 1. The second kappa shape index (κ2) is 3.72. The Balaban J connectivity index is 2.39. The average molecular weight is 186 g/mol. The Morgan fingerprint density at radius 1 is 1.77 bits per heavy atom. The second-order valence-electron chi connectivity index (χ2n) is 2.34. The molecule has 0 saturated heterocycles. The largest absolute Gasteiger partial charge is 0.381 e. The second-order valence-corrected chi connectivity index (χ2v) is 2.34. The van der Waals surface area contributed by atoms with Gasteiger partial charge < -0.3 is 21.9 Å². The van der Waals surface area contributed by atoms with Crippen LogP contribution in [0.2, 0.25) is 0 Å². The maximum absolute atomic E-state index is 10.4. The van der Waals surface area contributed by atoms with E-state index in [-0.39, 0.29) is 18.4 Å². The summed E-state index contributed by atoms with van der Waals surface area (Å²) in [6.07, 6.45) is -1.26. The normalized spacial score (nSPS) is 12.4. The molecule has 7 N–H and O–H groups in total. The van der Waals surface area contributed by atoms with Crippen molar-refractivity contribution in [2.45, 2.75) is 6.10 Å². The molecule has 0 bridgehead atoms. The van der Waals surface area contributed by atoms with E-state index >= 15 is 0 Å². The minimum atomic E-state index is -1.26. The summed E-state index contributed by atoms with van der Waals surface area (Å²) < 4.78 is 0. The number of nitrogens with two attached hydrogens (primary N) is 2. The molecule has 1 atom stereocenters. The number of aromatic amines is 1. The minimum Gasteiger partial charge on any atom is -0.381 e. The summed E-state index contributed by atoms with van der Waals surface area (Å²) >= 11 is 0. The molecule has 0 spiro atoms. The topological polar surface area (TPSA) is 143 Å². The fraction of sp³-hybridized carbons (Fsp3) is 0.400. The molecule has 1 aromatic heterocycles. The van der Waals surface area contributed by atoms with E-state index in [0.717, 1.165) is 0 Å². The van der Waals surface area contributed by atoms with E-state index in [1.54, 1.807) is 0 Å². The van der Waals surface area contributed by atoms with Crippen LogP contribution in [0, 0.1) is 0 Å². The highest BCUT2D eigenvalue weighted by Crippen LogP contribution is 1.98. The van der Waals surface area contributed by atoms with Gasteiger partial charge in [0, 0.05) is 0 Å². The summed E-state index contributed by atoms with van der Waals surface area (Å²) in [5, 5.41) is 17.5. The molecule has 0 fully saturated rings. The number of aliphatic hydroxyl groups excluding tert-OH is 1. The molecule has 0 aliphatic heterocycles. The van der Waals surface area contributed by atoms with Gasteiger partial charge in [0.1, 0.15) is 6.10 Å². The number of hydrogen-bond acceptors (Lipinski definition) is 6. The van der Waals surface area contributed by atoms with Crippen LogP contribution < -0.4 is 16.8 Å². The van der Waals surface area contributed by atoms with Gasteiger partial charge in [-0.3, -0.25) is 4.79 Å². The zero-order valence-electron chi connectivity index (χ0n) is 6.69. The lowest BCUT2D eigenvalue weighted by molar-refractivity contribution is -0.125. The predicted molar refractivity (Wildman–Crippen MR) is 44.5 cm³/mol. The number of amides is 1. The molecule has 0 aliphatic rings. The van der Waals surface area contributed by atoms with Crippen molar-refractivity contribution in [3.8, 4) is 0 Å². The van der Waals surface area contributed by atoms with Gasteiger partial charge in [-0.15, -0.1) is 5.10 Å². The van der Waals surface area contributed by atoms with Gasteiger partial charge in [-0.25, -0.2) is 5.10 Å². The summed E-state index contributed by atoms with van der Waals surface area (Å²) in [5.74, 6) is -0.454. The maximum Gasteiger partial charge on any atom is 0.248 e. The van der Waals surface area contributed by atoms with Crippen molar-refractivity contribution < 1.29 is 9.90 Å². The molecule has 1 amide bonds. The van der Waals surface area contributed by atoms with Crippen LogP contribution in [0.4, 0.5) is 11.9 Å². The van der Waals surface area contributed by atoms with E-state index in [1.807, 2.05) is 0 Å². The number of nitrogens with one attached hydrogen (secondary N) is 2. The summed E-state index contributed by atoms with van der Waals surface area (Å²) in [6.45, 7) is -0.0490. The summed E-state index contributed by atoms with van der Waals surface area (Å²) in [6, 6.07) is 0. The van der Waals surface area contributed by atoms with Crippen LogP contribution in [0.1, 0.15) is 0 Å². The number of anilines is 2. The monoisotopic (exact) mass is 186 g/mol. The molecule has 1 rings (SSSR count). The zero-order valence-corrected chi connectivity index (χ0v) is 6.69. The Morgan fingerprint density at radius 2 is 2.46 bits per heavy atom. The predicted octanol–water partition coefficient (Wildman–Crippen LogP) is -2.36. The lowest BCUT2D eigenvalue weighted by atomic mass is 10.3. The highest BCUT2D eigenvalue weighted by Gasteiger charge is 2.10. The first-order chi connectivity index (χ1) is 6.09. The third-order valence-corrected chi connectivity index (χ3v) is 1.28. The zero-order chi connectivity index (χ0) is 9.84. The van der Waals surface area contributed by atoms with E-state index in [0.29, 0.717) is 0 Å². The van der Waals surface area contributed by atoms with Gasteiger partial charge in [-0.05, 0) is 0 Å². The number of H-pyrrole nitrogens is 1. The number of rotatable bonds is 4. The highest BCUT2D eigenvalue weighted by molar-refractivity contribution is 5.79. The van der Waals surface area contributed by atoms with E-state index in [1.165, 1.54) is 0 Å². The highest BCUT2D eigenvalue weighted by atomic mass is 16.3. The van der Waals surface area contributed by atoms with Gasteiger partial charge in [0.25, 0.3) is 0 Å². The number of aromatic nitrogens is 3. The minimum absolute atomic E-state index is 0.0490. The van der Waals surface area contributed by atoms with Gasteiger partial charge in [-0.1, -0.05) is 0 Å². The molecule has 0 saturated carbocycles. The molecule has 13 heavy (non-hydrogen) atoms. The van der Waals surface area contributed by atoms with E-state index in [4.69, 9.17) is 16.6 Å². The van der Waals surface area contributed by atoms with Crippen LogP contribution in [-0.4, -0.2) is 38.8 Å². The van der Waals surface area contributed by atoms with Crippen LogP contribution in [-0.2, 0) is 4.79 Å². The lowest BCUT2D eigenvalue weighted by Crippen LogP contribution is -2.34. The van der Waals surface area contributed by atoms with Crippen LogP contribution in [0.15, 0.2) is 0 Å². The van der Waals surface area contributed by atoms with E-state index < -0.39 is 12.0 Å². The molecule has 0 aliphatic carbocycles. The molecule has 1 heterocycles. The van der Waals surface area contributed by atoms with Gasteiger partial charge >= 0.3 is 0 Å². The van der Waals surface area contributed by atoms with Crippen molar-refractivity contribution in [3.05, 3.63) is 0 Å². The Labute approximate surface area is 73.3 Å². The van der Waals surface area contributed by atoms with Crippen LogP contribution in [0.3, 0.4) is 0 Å². The van der Waals surface area contributed by atoms with Gasteiger partial charge in [0.15, 0.2) is 0 Å². The molecule has 0 radical (unpaired) electrons. The molecule has 8 nitrogen and oxygen atoms in total. The van der Waals surface area contributed by atoms with E-state index in [2.05, 4.69) is 20.5 Å². The number of carbonyl (C=O) groups excluding carboxylic acids is 1. The third kappa shape index (κ3) is 2.60. The van der Waals surface area contributed by atoms with Crippen LogP contribution >= 0.6 is 0 Å². The molecular weight excluding hydrogens is 176 g/mol. The molecule has 8 heteroatoms. The Kier molecular flexibility index (Phi) is 2.65. The summed E-state index contributed by atoms with van der Waals surface area (Å²) in [7, 11) is 0. The quantitative estimate of drug-likeness (QED) is 0.356. The first-order valence-electron chi connectivity index (χ1n) is 3.48. The van der Waals surface area contributed by atoms with Gasteiger partial charge in [0.05, 0.1) is 6.54 Å². The van der Waals surface area contributed by atoms with Gasteiger partial charge in [-0.2, -0.15) is 4.98 Å². The number of nitrogens with zero attached hydrogens (tertiary/aromatic N) is 2. The number of aliphatic hydroxyl groups is 1.